The van der Waals surface area contributed by atoms with Gasteiger partial charge in [-0.15, -0.1) is 12.4 Å². The van der Waals surface area contributed by atoms with Crippen molar-refractivity contribution in [2.45, 2.75) is 26.3 Å². The average Bonchev–Trinajstić information content (AvgIpc) is 3.19. The van der Waals surface area contributed by atoms with Crippen LogP contribution in [0.25, 0.3) is 11.1 Å². The molecule has 8 heteroatoms. The summed E-state index contributed by atoms with van der Waals surface area (Å²) in [6.07, 6.45) is 1.42. The highest BCUT2D eigenvalue weighted by molar-refractivity contribution is 5.94. The van der Waals surface area contributed by atoms with Gasteiger partial charge >= 0.3 is 0 Å². The zero-order valence-electron chi connectivity index (χ0n) is 13.9. The minimum Gasteiger partial charge on any atom is -0.441 e. The summed E-state index contributed by atoms with van der Waals surface area (Å²) in [5.41, 5.74) is 5.24. The van der Waals surface area contributed by atoms with Crippen molar-refractivity contribution in [3.63, 3.8) is 0 Å². The highest BCUT2D eigenvalue weighted by Crippen LogP contribution is 2.19. The van der Waals surface area contributed by atoms with Crippen molar-refractivity contribution in [3.05, 3.63) is 46.6 Å². The second-order valence-electron chi connectivity index (χ2n) is 5.99. The molecule has 132 valence electrons. The van der Waals surface area contributed by atoms with Crippen molar-refractivity contribution in [1.29, 1.82) is 0 Å². The van der Waals surface area contributed by atoms with Gasteiger partial charge in [-0.05, 0) is 18.6 Å². The summed E-state index contributed by atoms with van der Waals surface area (Å²) in [5.74, 6) is 0.466. The summed E-state index contributed by atoms with van der Waals surface area (Å²) in [6, 6.07) is 5.86. The predicted octanol–water partition coefficient (Wildman–Crippen LogP) is 1.90. The monoisotopic (exact) mass is 361 g/mol. The average molecular weight is 362 g/mol. The number of aromatic nitrogens is 3. The van der Waals surface area contributed by atoms with Crippen molar-refractivity contribution in [2.24, 2.45) is 0 Å². The van der Waals surface area contributed by atoms with Gasteiger partial charge in [0.2, 0.25) is 0 Å². The number of aromatic amines is 1. The molecule has 1 amide bonds. The summed E-state index contributed by atoms with van der Waals surface area (Å²) < 4.78 is 5.72. The van der Waals surface area contributed by atoms with E-state index in [-0.39, 0.29) is 18.3 Å². The number of amides is 1. The topological polar surface area (TPSA) is 95.8 Å². The second-order valence-corrected chi connectivity index (χ2v) is 5.99. The Balaban J connectivity index is 0.00000182. The summed E-state index contributed by atoms with van der Waals surface area (Å²) in [7, 11) is 0. The zero-order valence-corrected chi connectivity index (χ0v) is 14.7. The van der Waals surface area contributed by atoms with E-state index in [0.29, 0.717) is 31.1 Å². The number of fused-ring (bicyclic) bond motifs is 2. The summed E-state index contributed by atoms with van der Waals surface area (Å²) in [5, 5.41) is 13.3. The third kappa shape index (κ3) is 3.38. The van der Waals surface area contributed by atoms with E-state index in [1.807, 2.05) is 25.1 Å². The Kier molecular flexibility index (Phi) is 5.06. The van der Waals surface area contributed by atoms with E-state index < -0.39 is 0 Å². The van der Waals surface area contributed by atoms with Gasteiger partial charge in [-0.3, -0.25) is 9.89 Å². The predicted molar refractivity (Wildman–Crippen MR) is 96.0 cm³/mol. The maximum atomic E-state index is 12.3. The van der Waals surface area contributed by atoms with Gasteiger partial charge in [-0.2, -0.15) is 5.10 Å². The minimum atomic E-state index is -0.163. The van der Waals surface area contributed by atoms with Crippen molar-refractivity contribution in [2.75, 3.05) is 13.1 Å². The summed E-state index contributed by atoms with van der Waals surface area (Å²) in [4.78, 5) is 16.8. The normalized spacial score (nSPS) is 13.3. The highest BCUT2D eigenvalue weighted by Gasteiger charge is 2.21. The molecule has 0 radical (unpaired) electrons. The number of nitrogens with one attached hydrogen (secondary N) is 3. The minimum absolute atomic E-state index is 0. The molecule has 0 aliphatic carbocycles. The Hall–Kier alpha value is -2.38. The van der Waals surface area contributed by atoms with Crippen LogP contribution in [0.1, 0.15) is 33.2 Å². The number of hydrogen-bond acceptors (Lipinski definition) is 5. The molecule has 3 aromatic rings. The number of H-pyrrole nitrogens is 1. The first-order valence-electron chi connectivity index (χ1n) is 8.12. The maximum Gasteiger partial charge on any atom is 0.272 e. The van der Waals surface area contributed by atoms with Crippen molar-refractivity contribution < 1.29 is 9.21 Å². The lowest BCUT2D eigenvalue weighted by Crippen LogP contribution is -2.29. The summed E-state index contributed by atoms with van der Waals surface area (Å²) >= 11 is 0. The molecule has 0 saturated carbocycles. The van der Waals surface area contributed by atoms with E-state index in [2.05, 4.69) is 25.8 Å². The first-order chi connectivity index (χ1) is 11.7. The molecule has 1 aromatic carbocycles. The fourth-order valence-corrected chi connectivity index (χ4v) is 3.02. The quantitative estimate of drug-likeness (QED) is 0.659. The number of rotatable bonds is 4. The van der Waals surface area contributed by atoms with Crippen LogP contribution in [0.15, 0.2) is 22.6 Å². The molecule has 0 bridgehead atoms. The van der Waals surface area contributed by atoms with Crippen molar-refractivity contribution in [1.82, 2.24) is 25.8 Å². The Morgan fingerprint density at radius 1 is 1.40 bits per heavy atom. The molecule has 0 spiro atoms. The lowest BCUT2D eigenvalue weighted by atomic mass is 10.1. The molecule has 3 N–H and O–H groups in total. The molecule has 4 rings (SSSR count). The number of carbonyl (C=O) groups excluding carboxylic acids is 1. The van der Waals surface area contributed by atoms with E-state index in [1.54, 1.807) is 0 Å². The number of aryl methyl sites for hydroxylation is 1. The molecule has 0 fully saturated rings. The molecule has 7 nitrogen and oxygen atoms in total. The number of para-hydroxylation sites is 1. The lowest BCUT2D eigenvalue weighted by Gasteiger charge is -2.12. The van der Waals surface area contributed by atoms with Crippen LogP contribution in [-0.2, 0) is 19.4 Å². The van der Waals surface area contributed by atoms with Crippen LogP contribution in [0.4, 0.5) is 0 Å². The Bertz CT molecular complexity index is 902. The second kappa shape index (κ2) is 7.25. The van der Waals surface area contributed by atoms with Gasteiger partial charge in [0, 0.05) is 43.7 Å². The van der Waals surface area contributed by atoms with Gasteiger partial charge in [0.25, 0.3) is 5.91 Å². The van der Waals surface area contributed by atoms with E-state index in [4.69, 9.17) is 4.42 Å². The number of nitrogens with zero attached hydrogens (tertiary/aromatic N) is 2. The molecular formula is C17H20ClN5O2. The van der Waals surface area contributed by atoms with Crippen LogP contribution in [-0.4, -0.2) is 34.2 Å². The lowest BCUT2D eigenvalue weighted by molar-refractivity contribution is 0.0947. The van der Waals surface area contributed by atoms with Crippen LogP contribution >= 0.6 is 12.4 Å². The van der Waals surface area contributed by atoms with Gasteiger partial charge < -0.3 is 15.1 Å². The molecule has 0 atom stereocenters. The number of oxazole rings is 1. The van der Waals surface area contributed by atoms with Crippen LogP contribution in [0.5, 0.6) is 0 Å². The molecule has 1 aliphatic rings. The molecule has 0 saturated heterocycles. The molecule has 2 aromatic heterocycles. The van der Waals surface area contributed by atoms with Gasteiger partial charge in [0.1, 0.15) is 5.52 Å². The van der Waals surface area contributed by atoms with Gasteiger partial charge in [0.15, 0.2) is 17.2 Å². The van der Waals surface area contributed by atoms with Crippen LogP contribution < -0.4 is 10.6 Å². The first kappa shape index (κ1) is 17.4. The van der Waals surface area contributed by atoms with Gasteiger partial charge in [-0.1, -0.05) is 12.1 Å². The third-order valence-electron chi connectivity index (χ3n) is 4.31. The zero-order chi connectivity index (χ0) is 16.5. The van der Waals surface area contributed by atoms with Crippen LogP contribution in [0.2, 0.25) is 0 Å². The molecule has 25 heavy (non-hydrogen) atoms. The van der Waals surface area contributed by atoms with Gasteiger partial charge in [0.05, 0.1) is 0 Å². The number of halogens is 1. The first-order valence-corrected chi connectivity index (χ1v) is 8.12. The molecule has 3 heterocycles. The van der Waals surface area contributed by atoms with Crippen molar-refractivity contribution >= 4 is 29.4 Å². The number of benzene rings is 1. The summed E-state index contributed by atoms with van der Waals surface area (Å²) in [6.45, 7) is 4.05. The fraction of sp³-hybridized carbons (Fsp3) is 0.353. The SMILES string of the molecule is Cc1cccc2oc(CCNC(=O)c3n[nH]c4c3CNCC4)nc12.Cl. The Labute approximate surface area is 151 Å². The smallest absolute Gasteiger partial charge is 0.272 e. The van der Waals surface area contributed by atoms with Crippen LogP contribution in [0, 0.1) is 6.92 Å². The molecule has 0 unspecified atom stereocenters. The highest BCUT2D eigenvalue weighted by atomic mass is 35.5. The van der Waals surface area contributed by atoms with E-state index >= 15 is 0 Å². The van der Waals surface area contributed by atoms with E-state index in [9.17, 15) is 4.79 Å². The largest absolute Gasteiger partial charge is 0.441 e. The van der Waals surface area contributed by atoms with Crippen molar-refractivity contribution in [3.8, 4) is 0 Å². The van der Waals surface area contributed by atoms with Crippen LogP contribution in [0.3, 0.4) is 0 Å². The third-order valence-corrected chi connectivity index (χ3v) is 4.31. The Morgan fingerprint density at radius 2 is 2.28 bits per heavy atom. The molecular weight excluding hydrogens is 342 g/mol. The number of carbonyl (C=O) groups is 1. The standard InChI is InChI=1S/C17H19N5O2.ClH/c1-10-3-2-4-13-15(10)20-14(24-13)6-8-19-17(23)16-11-9-18-7-5-12(11)21-22-16;/h2-4,18H,5-9H2,1H3,(H,19,23)(H,21,22);1H. The number of hydrogen-bond donors (Lipinski definition) is 3. The van der Waals surface area contributed by atoms with E-state index in [1.165, 1.54) is 0 Å². The van der Waals surface area contributed by atoms with Gasteiger partial charge in [-0.25, -0.2) is 4.98 Å². The molecule has 1 aliphatic heterocycles. The Morgan fingerprint density at radius 3 is 3.12 bits per heavy atom. The fourth-order valence-electron chi connectivity index (χ4n) is 3.02. The maximum absolute atomic E-state index is 12.3. The van der Waals surface area contributed by atoms with E-state index in [0.717, 1.165) is 40.9 Å².